The molecule has 0 aliphatic rings. The number of ether oxygens (including phenoxy) is 2. The molecule has 2 rings (SSSR count). The fourth-order valence-corrected chi connectivity index (χ4v) is 4.13. The average molecular weight is 384 g/mol. The summed E-state index contributed by atoms with van der Waals surface area (Å²) in [6, 6.07) is 9.35. The van der Waals surface area contributed by atoms with Gasteiger partial charge in [0.2, 0.25) is 0 Å². The number of nitrogens with two attached hydrogens (primary N) is 1. The van der Waals surface area contributed by atoms with Crippen LogP contribution in [0.1, 0.15) is 0 Å². The first-order valence-electron chi connectivity index (χ1n) is 7.00. The van der Waals surface area contributed by atoms with Gasteiger partial charge in [-0.15, -0.1) is 11.3 Å². The first-order valence-corrected chi connectivity index (χ1v) is 9.32. The predicted octanol–water partition coefficient (Wildman–Crippen LogP) is 0.980. The minimum Gasteiger partial charge on any atom is -0.482 e. The Morgan fingerprint density at radius 2 is 1.84 bits per heavy atom. The summed E-state index contributed by atoms with van der Waals surface area (Å²) in [5, 5.41) is 1.69. The second-order valence-corrected chi connectivity index (χ2v) is 7.96. The molecular weight excluding hydrogens is 368 g/mol. The number of carbonyl (C=O) groups excluding carboxylic acids is 2. The van der Waals surface area contributed by atoms with Gasteiger partial charge in [-0.25, -0.2) is 13.2 Å². The van der Waals surface area contributed by atoms with E-state index in [1.807, 2.05) is 0 Å². The van der Waals surface area contributed by atoms with Gasteiger partial charge in [-0.05, 0) is 35.7 Å². The van der Waals surface area contributed by atoms with Gasteiger partial charge in [0.1, 0.15) is 9.96 Å². The SMILES string of the molecule is CN(c1ccc(OCC(=O)OCC(N)=O)cc1)S(=O)(=O)c1cccs1. The van der Waals surface area contributed by atoms with Gasteiger partial charge in [0, 0.05) is 7.05 Å². The van der Waals surface area contributed by atoms with Gasteiger partial charge < -0.3 is 15.2 Å². The number of rotatable bonds is 8. The molecule has 0 saturated carbocycles. The molecular formula is C15H16N2O6S2. The summed E-state index contributed by atoms with van der Waals surface area (Å²) in [5.74, 6) is -1.14. The molecule has 0 atom stereocenters. The van der Waals surface area contributed by atoms with Crippen LogP contribution in [-0.2, 0) is 24.3 Å². The molecule has 1 heterocycles. The van der Waals surface area contributed by atoms with Gasteiger partial charge in [-0.1, -0.05) is 6.07 Å². The number of esters is 1. The van der Waals surface area contributed by atoms with Crippen molar-refractivity contribution in [1.29, 1.82) is 0 Å². The highest BCUT2D eigenvalue weighted by Gasteiger charge is 2.22. The molecule has 1 aromatic carbocycles. The standard InChI is InChI=1S/C15H16N2O6S2/c1-17(25(20,21)15-3-2-8-24-15)11-4-6-12(7-5-11)22-10-14(19)23-9-13(16)18/h2-8H,9-10H2,1H3,(H2,16,18). The Labute approximate surface area is 148 Å². The van der Waals surface area contributed by atoms with E-state index in [0.29, 0.717) is 11.4 Å². The van der Waals surface area contributed by atoms with Crippen LogP contribution in [-0.4, -0.2) is 40.6 Å². The maximum Gasteiger partial charge on any atom is 0.344 e. The van der Waals surface area contributed by atoms with Crippen molar-refractivity contribution in [2.24, 2.45) is 5.73 Å². The topological polar surface area (TPSA) is 116 Å². The molecule has 0 aliphatic carbocycles. The molecule has 2 aromatic rings. The number of anilines is 1. The zero-order chi connectivity index (χ0) is 18.4. The van der Waals surface area contributed by atoms with E-state index in [2.05, 4.69) is 4.74 Å². The van der Waals surface area contributed by atoms with Gasteiger partial charge in [0.05, 0.1) is 5.69 Å². The third-order valence-electron chi connectivity index (χ3n) is 3.04. The van der Waals surface area contributed by atoms with Crippen LogP contribution < -0.4 is 14.8 Å². The second kappa shape index (κ2) is 7.99. The first-order chi connectivity index (χ1) is 11.8. The number of amides is 1. The molecule has 0 radical (unpaired) electrons. The smallest absolute Gasteiger partial charge is 0.344 e. The van der Waals surface area contributed by atoms with Gasteiger partial charge in [0.25, 0.3) is 15.9 Å². The van der Waals surface area contributed by atoms with Gasteiger partial charge in [0.15, 0.2) is 13.2 Å². The van der Waals surface area contributed by atoms with Crippen LogP contribution >= 0.6 is 11.3 Å². The van der Waals surface area contributed by atoms with Crippen molar-refractivity contribution in [1.82, 2.24) is 0 Å². The summed E-state index contributed by atoms with van der Waals surface area (Å²) in [6.07, 6.45) is 0. The number of carbonyl (C=O) groups is 2. The number of primary amides is 1. The van der Waals surface area contributed by atoms with Crippen LogP contribution in [0.5, 0.6) is 5.75 Å². The molecule has 0 bridgehead atoms. The lowest BCUT2D eigenvalue weighted by molar-refractivity contribution is -0.149. The number of benzene rings is 1. The minimum absolute atomic E-state index is 0.243. The Kier molecular flexibility index (Phi) is 5.99. The molecule has 0 unspecified atom stereocenters. The van der Waals surface area contributed by atoms with Crippen LogP contribution in [0.25, 0.3) is 0 Å². The molecule has 10 heteroatoms. The zero-order valence-corrected chi connectivity index (χ0v) is 14.9. The molecule has 2 N–H and O–H groups in total. The Balaban J connectivity index is 1.98. The molecule has 0 spiro atoms. The van der Waals surface area contributed by atoms with Crippen molar-refractivity contribution in [2.75, 3.05) is 24.6 Å². The van der Waals surface area contributed by atoms with Crippen LogP contribution in [0, 0.1) is 0 Å². The summed E-state index contributed by atoms with van der Waals surface area (Å²) < 4.78 is 36.0. The Bertz CT molecular complexity index is 831. The van der Waals surface area contributed by atoms with Crippen molar-refractivity contribution < 1.29 is 27.5 Å². The third kappa shape index (κ3) is 4.94. The van der Waals surface area contributed by atoms with Gasteiger partial charge in [-0.2, -0.15) is 0 Å². The number of nitrogens with zero attached hydrogens (tertiary/aromatic N) is 1. The molecule has 134 valence electrons. The highest BCUT2D eigenvalue weighted by Crippen LogP contribution is 2.26. The van der Waals surface area contributed by atoms with Crippen LogP contribution in [0.15, 0.2) is 46.0 Å². The summed E-state index contributed by atoms with van der Waals surface area (Å²) in [6.45, 7) is -0.900. The summed E-state index contributed by atoms with van der Waals surface area (Å²) >= 11 is 1.14. The van der Waals surface area contributed by atoms with Crippen molar-refractivity contribution in [3.05, 3.63) is 41.8 Å². The fourth-order valence-electron chi connectivity index (χ4n) is 1.77. The van der Waals surface area contributed by atoms with Crippen molar-refractivity contribution >= 4 is 38.9 Å². The van der Waals surface area contributed by atoms with Crippen LogP contribution in [0.3, 0.4) is 0 Å². The van der Waals surface area contributed by atoms with E-state index in [0.717, 1.165) is 15.6 Å². The third-order valence-corrected chi connectivity index (χ3v) is 6.20. The normalized spacial score (nSPS) is 10.9. The lowest BCUT2D eigenvalue weighted by atomic mass is 10.3. The van der Waals surface area contributed by atoms with Crippen molar-refractivity contribution in [3.63, 3.8) is 0 Å². The van der Waals surface area contributed by atoms with E-state index in [1.165, 1.54) is 25.2 Å². The number of hydrogen-bond acceptors (Lipinski definition) is 7. The highest BCUT2D eigenvalue weighted by molar-refractivity contribution is 7.94. The number of hydrogen-bond donors (Lipinski definition) is 1. The lowest BCUT2D eigenvalue weighted by Crippen LogP contribution is -2.25. The number of sulfonamides is 1. The van der Waals surface area contributed by atoms with E-state index in [4.69, 9.17) is 10.5 Å². The summed E-state index contributed by atoms with van der Waals surface area (Å²) in [4.78, 5) is 21.8. The molecule has 1 amide bonds. The molecule has 0 fully saturated rings. The van der Waals surface area contributed by atoms with E-state index in [1.54, 1.807) is 23.6 Å². The highest BCUT2D eigenvalue weighted by atomic mass is 32.2. The second-order valence-electron chi connectivity index (χ2n) is 4.81. The quantitative estimate of drug-likeness (QED) is 0.678. The maximum absolute atomic E-state index is 12.4. The Morgan fingerprint density at radius 1 is 1.16 bits per heavy atom. The van der Waals surface area contributed by atoms with Crippen LogP contribution in [0.2, 0.25) is 0 Å². The van der Waals surface area contributed by atoms with E-state index in [-0.39, 0.29) is 4.21 Å². The maximum atomic E-state index is 12.4. The molecule has 0 aliphatic heterocycles. The monoisotopic (exact) mass is 384 g/mol. The van der Waals surface area contributed by atoms with Crippen molar-refractivity contribution in [3.8, 4) is 5.75 Å². The average Bonchev–Trinajstić information content (AvgIpc) is 3.13. The first kappa shape index (κ1) is 18.7. The van der Waals surface area contributed by atoms with E-state index in [9.17, 15) is 18.0 Å². The number of thiophene rings is 1. The van der Waals surface area contributed by atoms with E-state index < -0.39 is 35.1 Å². The lowest BCUT2D eigenvalue weighted by Gasteiger charge is -2.18. The zero-order valence-electron chi connectivity index (χ0n) is 13.2. The Hall–Kier alpha value is -2.59. The van der Waals surface area contributed by atoms with E-state index >= 15 is 0 Å². The largest absolute Gasteiger partial charge is 0.482 e. The molecule has 8 nitrogen and oxygen atoms in total. The molecule has 0 saturated heterocycles. The van der Waals surface area contributed by atoms with Gasteiger partial charge >= 0.3 is 5.97 Å². The van der Waals surface area contributed by atoms with Crippen molar-refractivity contribution in [2.45, 2.75) is 4.21 Å². The predicted molar refractivity (Wildman–Crippen MR) is 92.0 cm³/mol. The molecule has 1 aromatic heterocycles. The van der Waals surface area contributed by atoms with Crippen LogP contribution in [0.4, 0.5) is 5.69 Å². The molecule has 25 heavy (non-hydrogen) atoms. The van der Waals surface area contributed by atoms with Gasteiger partial charge in [-0.3, -0.25) is 9.10 Å². The Morgan fingerprint density at radius 3 is 2.40 bits per heavy atom. The summed E-state index contributed by atoms with van der Waals surface area (Å²) in [5.41, 5.74) is 5.29. The fraction of sp³-hybridized carbons (Fsp3) is 0.200. The minimum atomic E-state index is -3.61. The summed E-state index contributed by atoms with van der Waals surface area (Å²) in [7, 11) is -2.16.